The topological polar surface area (TPSA) is 105 Å². The SMILES string of the molecule is O=C(OCc1ccccc1)C(O)CN(Cc1ccccc1)C(=O)N[C@@H](Cc1ccc(-c2ccc3ccccc3c2)cc1)C(=O)OCc1ccccc1. The lowest BCUT2D eigenvalue weighted by molar-refractivity contribution is -0.155. The van der Waals surface area contributed by atoms with E-state index < -0.39 is 30.1 Å². The molecule has 0 radical (unpaired) electrons. The minimum Gasteiger partial charge on any atom is -0.459 e. The van der Waals surface area contributed by atoms with Gasteiger partial charge in [0, 0.05) is 13.0 Å². The summed E-state index contributed by atoms with van der Waals surface area (Å²) in [4.78, 5) is 41.7. The highest BCUT2D eigenvalue weighted by Gasteiger charge is 2.29. The fraction of sp³-hybridized carbons (Fsp3) is 0.159. The maximum absolute atomic E-state index is 14.0. The second-order valence-corrected chi connectivity index (χ2v) is 12.5. The van der Waals surface area contributed by atoms with Crippen LogP contribution in [0.1, 0.15) is 22.3 Å². The highest BCUT2D eigenvalue weighted by Crippen LogP contribution is 2.25. The number of fused-ring (bicyclic) bond motifs is 1. The third-order valence-corrected chi connectivity index (χ3v) is 8.68. The Bertz CT molecular complexity index is 2070. The summed E-state index contributed by atoms with van der Waals surface area (Å²) in [5.74, 6) is -1.47. The van der Waals surface area contributed by atoms with Gasteiger partial charge in [0.1, 0.15) is 19.3 Å². The van der Waals surface area contributed by atoms with Crippen molar-refractivity contribution in [2.45, 2.75) is 38.3 Å². The van der Waals surface area contributed by atoms with E-state index in [0.29, 0.717) is 0 Å². The number of ether oxygens (including phenoxy) is 2. The lowest BCUT2D eigenvalue weighted by Gasteiger charge is -2.27. The summed E-state index contributed by atoms with van der Waals surface area (Å²) < 4.78 is 11.0. The zero-order valence-corrected chi connectivity index (χ0v) is 28.6. The molecule has 0 aliphatic carbocycles. The van der Waals surface area contributed by atoms with E-state index in [1.54, 1.807) is 0 Å². The molecule has 0 saturated carbocycles. The number of nitrogens with one attached hydrogen (secondary N) is 1. The first-order valence-corrected chi connectivity index (χ1v) is 17.2. The van der Waals surface area contributed by atoms with Crippen molar-refractivity contribution in [2.24, 2.45) is 0 Å². The maximum Gasteiger partial charge on any atom is 0.337 e. The van der Waals surface area contributed by atoms with Crippen molar-refractivity contribution in [2.75, 3.05) is 6.54 Å². The quantitative estimate of drug-likeness (QED) is 0.115. The third kappa shape index (κ3) is 9.93. The minimum absolute atomic E-state index is 0.0173. The van der Waals surface area contributed by atoms with E-state index in [1.807, 2.05) is 127 Å². The molecule has 0 spiro atoms. The monoisotopic (exact) mass is 692 g/mol. The number of urea groups is 1. The zero-order valence-electron chi connectivity index (χ0n) is 28.6. The highest BCUT2D eigenvalue weighted by molar-refractivity contribution is 5.87. The number of carbonyl (C=O) groups is 3. The van der Waals surface area contributed by atoms with E-state index in [1.165, 1.54) is 4.90 Å². The number of aliphatic hydroxyl groups excluding tert-OH is 1. The highest BCUT2D eigenvalue weighted by atomic mass is 16.5. The smallest absolute Gasteiger partial charge is 0.337 e. The van der Waals surface area contributed by atoms with E-state index in [9.17, 15) is 19.5 Å². The first-order chi connectivity index (χ1) is 25.4. The van der Waals surface area contributed by atoms with Crippen LogP contribution in [-0.4, -0.2) is 46.7 Å². The third-order valence-electron chi connectivity index (χ3n) is 8.68. The van der Waals surface area contributed by atoms with Gasteiger partial charge in [0.05, 0.1) is 6.54 Å². The van der Waals surface area contributed by atoms with Crippen LogP contribution in [-0.2, 0) is 45.2 Å². The zero-order chi connectivity index (χ0) is 36.1. The summed E-state index contributed by atoms with van der Waals surface area (Å²) in [5.41, 5.74) is 5.24. The molecular weight excluding hydrogens is 652 g/mol. The Hall–Kier alpha value is -6.25. The molecule has 0 saturated heterocycles. The van der Waals surface area contributed by atoms with Gasteiger partial charge in [-0.1, -0.05) is 152 Å². The molecule has 0 bridgehead atoms. The number of rotatable bonds is 14. The van der Waals surface area contributed by atoms with Crippen molar-refractivity contribution in [3.63, 3.8) is 0 Å². The summed E-state index contributed by atoms with van der Waals surface area (Å²) in [6, 6.07) is 48.3. The lowest BCUT2D eigenvalue weighted by Crippen LogP contribution is -2.51. The van der Waals surface area contributed by atoms with E-state index in [0.717, 1.165) is 44.2 Å². The Labute approximate surface area is 303 Å². The molecule has 6 aromatic rings. The van der Waals surface area contributed by atoms with Crippen LogP contribution in [0.2, 0.25) is 0 Å². The molecule has 8 nitrogen and oxygen atoms in total. The molecular formula is C44H40N2O6. The summed E-state index contributed by atoms with van der Waals surface area (Å²) in [6.45, 7) is -0.272. The molecule has 52 heavy (non-hydrogen) atoms. The largest absolute Gasteiger partial charge is 0.459 e. The predicted octanol–water partition coefficient (Wildman–Crippen LogP) is 7.48. The van der Waals surface area contributed by atoms with Crippen molar-refractivity contribution < 1.29 is 29.0 Å². The van der Waals surface area contributed by atoms with Crippen LogP contribution in [0.15, 0.2) is 158 Å². The minimum atomic E-state index is -1.62. The molecule has 6 rings (SSSR count). The van der Waals surface area contributed by atoms with E-state index in [2.05, 4.69) is 35.6 Å². The second kappa shape index (κ2) is 17.6. The Morgan fingerprint density at radius 1 is 0.558 bits per heavy atom. The Morgan fingerprint density at radius 2 is 1.08 bits per heavy atom. The molecule has 6 aromatic carbocycles. The van der Waals surface area contributed by atoms with Gasteiger partial charge in [-0.15, -0.1) is 0 Å². The fourth-order valence-corrected chi connectivity index (χ4v) is 5.83. The number of amides is 2. The van der Waals surface area contributed by atoms with Crippen LogP contribution in [0, 0.1) is 0 Å². The number of carbonyl (C=O) groups excluding carboxylic acids is 3. The normalized spacial score (nSPS) is 12.0. The van der Waals surface area contributed by atoms with Crippen molar-refractivity contribution >= 4 is 28.7 Å². The van der Waals surface area contributed by atoms with Gasteiger partial charge in [-0.3, -0.25) is 0 Å². The van der Waals surface area contributed by atoms with Crippen LogP contribution in [0.25, 0.3) is 21.9 Å². The van der Waals surface area contributed by atoms with E-state index >= 15 is 0 Å². The van der Waals surface area contributed by atoms with E-state index in [-0.39, 0.29) is 32.7 Å². The number of benzene rings is 6. The van der Waals surface area contributed by atoms with Gasteiger partial charge in [0.25, 0.3) is 0 Å². The van der Waals surface area contributed by atoms with Gasteiger partial charge in [0.2, 0.25) is 0 Å². The fourth-order valence-electron chi connectivity index (χ4n) is 5.83. The molecule has 0 fully saturated rings. The van der Waals surface area contributed by atoms with Crippen LogP contribution in [0.4, 0.5) is 4.79 Å². The molecule has 0 heterocycles. The molecule has 2 N–H and O–H groups in total. The van der Waals surface area contributed by atoms with E-state index in [4.69, 9.17) is 9.47 Å². The van der Waals surface area contributed by atoms with Gasteiger partial charge in [-0.25, -0.2) is 14.4 Å². The number of aliphatic hydroxyl groups is 1. The number of hydrogen-bond acceptors (Lipinski definition) is 6. The summed E-state index contributed by atoms with van der Waals surface area (Å²) in [6.07, 6.45) is -1.47. The van der Waals surface area contributed by atoms with Gasteiger partial charge in [-0.05, 0) is 50.2 Å². The Morgan fingerprint density at radius 3 is 1.69 bits per heavy atom. The molecule has 8 heteroatoms. The lowest BCUT2D eigenvalue weighted by atomic mass is 9.98. The van der Waals surface area contributed by atoms with Crippen molar-refractivity contribution in [1.82, 2.24) is 10.2 Å². The van der Waals surface area contributed by atoms with Crippen molar-refractivity contribution in [3.05, 3.63) is 180 Å². The summed E-state index contributed by atoms with van der Waals surface area (Å²) in [7, 11) is 0. The number of hydrogen-bond donors (Lipinski definition) is 2. The van der Waals surface area contributed by atoms with Crippen LogP contribution >= 0.6 is 0 Å². The Balaban J connectivity index is 1.19. The van der Waals surface area contributed by atoms with Crippen LogP contribution < -0.4 is 5.32 Å². The number of esters is 2. The average Bonchev–Trinajstić information content (AvgIpc) is 3.19. The van der Waals surface area contributed by atoms with Gasteiger partial charge in [-0.2, -0.15) is 0 Å². The predicted molar refractivity (Wildman–Crippen MR) is 201 cm³/mol. The Kier molecular flexibility index (Phi) is 12.0. The first-order valence-electron chi connectivity index (χ1n) is 17.2. The van der Waals surface area contributed by atoms with Crippen LogP contribution in [0.5, 0.6) is 0 Å². The summed E-state index contributed by atoms with van der Waals surface area (Å²) >= 11 is 0. The van der Waals surface area contributed by atoms with Crippen molar-refractivity contribution in [1.29, 1.82) is 0 Å². The first kappa shape index (κ1) is 35.6. The number of nitrogens with zero attached hydrogens (tertiary/aromatic N) is 1. The van der Waals surface area contributed by atoms with Gasteiger partial charge >= 0.3 is 18.0 Å². The second-order valence-electron chi connectivity index (χ2n) is 12.5. The molecule has 0 aliphatic heterocycles. The van der Waals surface area contributed by atoms with Gasteiger partial charge < -0.3 is 24.8 Å². The molecule has 1 unspecified atom stereocenters. The maximum atomic E-state index is 14.0. The van der Waals surface area contributed by atoms with Crippen molar-refractivity contribution in [3.8, 4) is 11.1 Å². The standard InChI is InChI=1S/C44H40N2O6/c47-41(43(49)52-31-35-16-8-3-9-17-35)29-46(28-33-12-4-1-5-13-33)44(50)45-40(42(48)51-30-34-14-6-2-7-15-34)26-32-20-22-37(23-21-32)39-25-24-36-18-10-11-19-38(36)27-39/h1-25,27,40-41,47H,26,28-31H2,(H,45,50)/t40-,41?/m0/s1. The molecule has 2 amide bonds. The van der Waals surface area contributed by atoms with Crippen LogP contribution in [0.3, 0.4) is 0 Å². The summed E-state index contributed by atoms with van der Waals surface area (Å²) in [5, 5.41) is 16.0. The molecule has 2 atom stereocenters. The molecule has 0 aromatic heterocycles. The molecule has 0 aliphatic rings. The van der Waals surface area contributed by atoms with Gasteiger partial charge in [0.15, 0.2) is 6.10 Å². The average molecular weight is 693 g/mol. The molecule has 262 valence electrons.